The van der Waals surface area contributed by atoms with E-state index in [1.165, 1.54) is 0 Å². The van der Waals surface area contributed by atoms with Crippen LogP contribution in [-0.2, 0) is 18.9 Å². The molecule has 0 aliphatic carbocycles. The van der Waals surface area contributed by atoms with Crippen LogP contribution < -0.4 is 22.9 Å². The molecule has 8 N–H and O–H groups in total. The fraction of sp³-hybridized carbons (Fsp3) is 0.765. The van der Waals surface area contributed by atoms with E-state index in [0.717, 1.165) is 0 Å². The molecule has 0 aliphatic rings. The van der Waals surface area contributed by atoms with Gasteiger partial charge in [0.2, 0.25) is 0 Å². The van der Waals surface area contributed by atoms with Crippen molar-refractivity contribution in [2.75, 3.05) is 13.2 Å². The summed E-state index contributed by atoms with van der Waals surface area (Å²) in [5.74, 6) is 0. The Morgan fingerprint density at radius 3 is 1.03 bits per heavy atom. The second kappa shape index (κ2) is 10.6. The van der Waals surface area contributed by atoms with Gasteiger partial charge in [0, 0.05) is 0 Å². The predicted molar refractivity (Wildman–Crippen MR) is 101 cm³/mol. The number of nitrogens with two attached hydrogens (primary N) is 4. The van der Waals surface area contributed by atoms with Gasteiger partial charge in [-0.1, -0.05) is 27.7 Å². The average molecular weight is 420 g/mol. The number of amides is 4. The van der Waals surface area contributed by atoms with E-state index in [1.807, 2.05) is 0 Å². The van der Waals surface area contributed by atoms with E-state index in [-0.39, 0.29) is 25.7 Å². The van der Waals surface area contributed by atoms with E-state index < -0.39 is 54.2 Å². The topological polar surface area (TPSA) is 209 Å². The van der Waals surface area contributed by atoms with Crippen LogP contribution in [0.4, 0.5) is 19.2 Å². The molecule has 4 amide bonds. The minimum Gasteiger partial charge on any atom is -0.449 e. The number of carbonyl (C=O) groups is 4. The standard InChI is InChI=1S/C17H32N4O8/c1-5-16(6-2,28-13(20)24)15(9-26-11(18)22,10-27-12(19)23)17(7-3,8-4)29-14(21)25/h5-10H2,1-4H3,(H2,18,22)(H2,19,23)(H2,20,24)(H2,21,25). The van der Waals surface area contributed by atoms with Gasteiger partial charge in [0.25, 0.3) is 0 Å². The third kappa shape index (κ3) is 5.55. The van der Waals surface area contributed by atoms with Gasteiger partial charge in [-0.05, 0) is 25.7 Å². The first-order chi connectivity index (χ1) is 13.4. The summed E-state index contributed by atoms with van der Waals surface area (Å²) in [5, 5.41) is 0. The van der Waals surface area contributed by atoms with Crippen molar-refractivity contribution in [3.8, 4) is 0 Å². The van der Waals surface area contributed by atoms with Crippen LogP contribution in [0, 0.1) is 5.41 Å². The first-order valence-electron chi connectivity index (χ1n) is 9.22. The van der Waals surface area contributed by atoms with Crippen LogP contribution in [0.25, 0.3) is 0 Å². The minimum atomic E-state index is -1.64. The molecule has 0 rings (SSSR count). The molecular weight excluding hydrogens is 388 g/mol. The number of carbonyl (C=O) groups excluding carboxylic acids is 4. The number of primary amides is 4. The Labute approximate surface area is 169 Å². The van der Waals surface area contributed by atoms with Crippen molar-refractivity contribution < 1.29 is 38.1 Å². The van der Waals surface area contributed by atoms with Gasteiger partial charge in [-0.3, -0.25) is 0 Å². The van der Waals surface area contributed by atoms with Crippen LogP contribution >= 0.6 is 0 Å². The molecule has 0 aromatic heterocycles. The third-order valence-electron chi connectivity index (χ3n) is 5.54. The van der Waals surface area contributed by atoms with E-state index >= 15 is 0 Å². The normalized spacial score (nSPS) is 12.0. The maximum absolute atomic E-state index is 11.8. The lowest BCUT2D eigenvalue weighted by atomic mass is 9.57. The van der Waals surface area contributed by atoms with E-state index in [0.29, 0.717) is 0 Å². The van der Waals surface area contributed by atoms with Crippen molar-refractivity contribution in [3.63, 3.8) is 0 Å². The van der Waals surface area contributed by atoms with Crippen LogP contribution in [0.1, 0.15) is 53.4 Å². The molecule has 0 radical (unpaired) electrons. The summed E-state index contributed by atoms with van der Waals surface area (Å²) in [4.78, 5) is 46.4. The summed E-state index contributed by atoms with van der Waals surface area (Å²) in [5.41, 5.74) is 16.3. The molecule has 0 bridgehead atoms. The van der Waals surface area contributed by atoms with Crippen LogP contribution in [0.3, 0.4) is 0 Å². The molecule has 29 heavy (non-hydrogen) atoms. The van der Waals surface area contributed by atoms with E-state index in [9.17, 15) is 19.2 Å². The zero-order chi connectivity index (χ0) is 22.9. The predicted octanol–water partition coefficient (Wildman–Crippen LogP) is 1.47. The summed E-state index contributed by atoms with van der Waals surface area (Å²) < 4.78 is 21.1. The lowest BCUT2D eigenvalue weighted by Gasteiger charge is -2.56. The van der Waals surface area contributed by atoms with Crippen molar-refractivity contribution in [1.82, 2.24) is 0 Å². The summed E-state index contributed by atoms with van der Waals surface area (Å²) in [6, 6.07) is 0. The summed E-state index contributed by atoms with van der Waals surface area (Å²) in [7, 11) is 0. The monoisotopic (exact) mass is 420 g/mol. The summed E-state index contributed by atoms with van der Waals surface area (Å²) in [6.45, 7) is 5.62. The highest BCUT2D eigenvalue weighted by Crippen LogP contribution is 2.53. The molecule has 0 saturated heterocycles. The van der Waals surface area contributed by atoms with E-state index in [2.05, 4.69) is 0 Å². The van der Waals surface area contributed by atoms with Gasteiger partial charge in [0.05, 0.1) is 0 Å². The smallest absolute Gasteiger partial charge is 0.405 e. The van der Waals surface area contributed by atoms with Crippen molar-refractivity contribution in [3.05, 3.63) is 0 Å². The van der Waals surface area contributed by atoms with Gasteiger partial charge in [-0.15, -0.1) is 0 Å². The van der Waals surface area contributed by atoms with Gasteiger partial charge in [0.1, 0.15) is 29.8 Å². The fourth-order valence-corrected chi connectivity index (χ4v) is 4.09. The molecule has 0 saturated carbocycles. The highest BCUT2D eigenvalue weighted by atomic mass is 16.6. The van der Waals surface area contributed by atoms with Crippen molar-refractivity contribution in [2.24, 2.45) is 28.3 Å². The molecule has 12 nitrogen and oxygen atoms in total. The molecule has 0 heterocycles. The second-order valence-electron chi connectivity index (χ2n) is 6.54. The van der Waals surface area contributed by atoms with Gasteiger partial charge in [0.15, 0.2) is 0 Å². The number of rotatable bonds is 12. The molecule has 0 aromatic rings. The van der Waals surface area contributed by atoms with Gasteiger partial charge < -0.3 is 41.9 Å². The zero-order valence-electron chi connectivity index (χ0n) is 17.3. The largest absolute Gasteiger partial charge is 0.449 e. The van der Waals surface area contributed by atoms with Gasteiger partial charge >= 0.3 is 24.4 Å². The van der Waals surface area contributed by atoms with Gasteiger partial charge in [-0.25, -0.2) is 19.2 Å². The summed E-state index contributed by atoms with van der Waals surface area (Å²) in [6.07, 6.45) is -4.04. The highest BCUT2D eigenvalue weighted by Gasteiger charge is 2.66. The Hall–Kier alpha value is -2.92. The Balaban J connectivity index is 7.08. The van der Waals surface area contributed by atoms with Crippen molar-refractivity contribution in [1.29, 1.82) is 0 Å². The lowest BCUT2D eigenvalue weighted by Crippen LogP contribution is -2.69. The molecule has 168 valence electrons. The third-order valence-corrected chi connectivity index (χ3v) is 5.54. The molecular formula is C17H32N4O8. The van der Waals surface area contributed by atoms with E-state index in [4.69, 9.17) is 41.9 Å². The molecule has 0 aliphatic heterocycles. The van der Waals surface area contributed by atoms with Gasteiger partial charge in [-0.2, -0.15) is 0 Å². The maximum atomic E-state index is 11.8. The quantitative estimate of drug-likeness (QED) is 0.339. The molecule has 0 atom stereocenters. The molecule has 0 spiro atoms. The second-order valence-corrected chi connectivity index (χ2v) is 6.54. The zero-order valence-corrected chi connectivity index (χ0v) is 17.3. The van der Waals surface area contributed by atoms with Crippen LogP contribution in [-0.4, -0.2) is 48.8 Å². The van der Waals surface area contributed by atoms with E-state index in [1.54, 1.807) is 27.7 Å². The van der Waals surface area contributed by atoms with Crippen LogP contribution in [0.15, 0.2) is 0 Å². The van der Waals surface area contributed by atoms with Crippen molar-refractivity contribution in [2.45, 2.75) is 64.6 Å². The number of hydrogen-bond donors (Lipinski definition) is 4. The van der Waals surface area contributed by atoms with Crippen LogP contribution in [0.5, 0.6) is 0 Å². The SMILES string of the molecule is CCC(CC)(OC(N)=O)C(COC(N)=O)(COC(N)=O)C(CC)(CC)OC(N)=O. The Kier molecular flexibility index (Phi) is 9.51. The van der Waals surface area contributed by atoms with Crippen molar-refractivity contribution >= 4 is 24.4 Å². The lowest BCUT2D eigenvalue weighted by molar-refractivity contribution is -0.230. The first kappa shape index (κ1) is 26.1. The first-order valence-corrected chi connectivity index (χ1v) is 9.22. The average Bonchev–Trinajstić information content (AvgIpc) is 2.64. The number of ether oxygens (including phenoxy) is 4. The molecule has 0 unspecified atom stereocenters. The maximum Gasteiger partial charge on any atom is 0.405 e. The number of hydrogen-bond acceptors (Lipinski definition) is 8. The fourth-order valence-electron chi connectivity index (χ4n) is 4.09. The Morgan fingerprint density at radius 2 is 0.862 bits per heavy atom. The Bertz CT molecular complexity index is 550. The summed E-state index contributed by atoms with van der Waals surface area (Å²) >= 11 is 0. The Morgan fingerprint density at radius 1 is 0.586 bits per heavy atom. The minimum absolute atomic E-state index is 0.126. The molecule has 0 fully saturated rings. The highest BCUT2D eigenvalue weighted by molar-refractivity contribution is 5.67. The van der Waals surface area contributed by atoms with Crippen LogP contribution in [0.2, 0.25) is 0 Å². The molecule has 12 heteroatoms. The molecule has 0 aromatic carbocycles.